The van der Waals surface area contributed by atoms with Gasteiger partial charge in [-0.05, 0) is 35.9 Å². The number of ether oxygens (including phenoxy) is 2. The number of hydrogen-bond donors (Lipinski definition) is 0. The summed E-state index contributed by atoms with van der Waals surface area (Å²) in [4.78, 5) is 29.5. The first-order chi connectivity index (χ1) is 15.1. The Balaban J connectivity index is 1.62. The number of oxime groups is 1. The lowest BCUT2D eigenvalue weighted by Crippen LogP contribution is -2.10. The molecule has 1 aliphatic heterocycles. The van der Waals surface area contributed by atoms with E-state index in [0.717, 1.165) is 5.56 Å². The van der Waals surface area contributed by atoms with Crippen LogP contribution in [-0.2, 0) is 9.63 Å². The van der Waals surface area contributed by atoms with Gasteiger partial charge in [0, 0.05) is 5.56 Å². The van der Waals surface area contributed by atoms with Crippen LogP contribution in [-0.4, -0.2) is 24.8 Å². The summed E-state index contributed by atoms with van der Waals surface area (Å²) in [5, 5.41) is 4.18. The average molecular weight is 434 g/mol. The Morgan fingerprint density at radius 1 is 1.00 bits per heavy atom. The molecule has 0 radical (unpaired) electrons. The summed E-state index contributed by atoms with van der Waals surface area (Å²) in [6.07, 6.45) is 1.64. The number of esters is 1. The fourth-order valence-electron chi connectivity index (χ4n) is 3.02. The molecule has 0 fully saturated rings. The van der Waals surface area contributed by atoms with Gasteiger partial charge in [-0.2, -0.15) is 0 Å². The van der Waals surface area contributed by atoms with E-state index in [2.05, 4.69) is 5.16 Å². The summed E-state index contributed by atoms with van der Waals surface area (Å²) >= 11 is 6.06. The SMILES string of the molecule is COc1cc(C=C2C(=O)ON=C2c2ccccc2)ccc1OC(=O)c1ccccc1Cl. The van der Waals surface area contributed by atoms with Crippen molar-refractivity contribution in [3.63, 3.8) is 0 Å². The van der Waals surface area contributed by atoms with E-state index in [1.54, 1.807) is 48.5 Å². The zero-order chi connectivity index (χ0) is 21.8. The molecule has 0 aromatic heterocycles. The topological polar surface area (TPSA) is 74.2 Å². The highest BCUT2D eigenvalue weighted by molar-refractivity contribution is 6.33. The van der Waals surface area contributed by atoms with Crippen LogP contribution in [0.4, 0.5) is 0 Å². The van der Waals surface area contributed by atoms with Crippen LogP contribution in [0.3, 0.4) is 0 Å². The molecule has 31 heavy (non-hydrogen) atoms. The molecule has 3 aromatic carbocycles. The highest BCUT2D eigenvalue weighted by Crippen LogP contribution is 2.31. The van der Waals surface area contributed by atoms with Crippen LogP contribution < -0.4 is 9.47 Å². The van der Waals surface area contributed by atoms with E-state index in [9.17, 15) is 9.59 Å². The minimum atomic E-state index is -0.604. The molecule has 3 aromatic rings. The third kappa shape index (κ3) is 4.34. The van der Waals surface area contributed by atoms with E-state index in [-0.39, 0.29) is 11.3 Å². The summed E-state index contributed by atoms with van der Waals surface area (Å²) in [5.74, 6) is -0.611. The molecule has 4 rings (SSSR count). The number of benzene rings is 3. The molecule has 0 aliphatic carbocycles. The molecule has 0 spiro atoms. The van der Waals surface area contributed by atoms with Crippen molar-refractivity contribution in [3.8, 4) is 11.5 Å². The first-order valence-corrected chi connectivity index (χ1v) is 9.66. The molecule has 0 atom stereocenters. The first kappa shape index (κ1) is 20.4. The van der Waals surface area contributed by atoms with Crippen molar-refractivity contribution in [2.24, 2.45) is 5.16 Å². The predicted molar refractivity (Wildman–Crippen MR) is 116 cm³/mol. The van der Waals surface area contributed by atoms with Gasteiger partial charge < -0.3 is 14.3 Å². The van der Waals surface area contributed by atoms with Crippen LogP contribution in [0.15, 0.2) is 83.5 Å². The van der Waals surface area contributed by atoms with Crippen molar-refractivity contribution >= 4 is 35.3 Å². The van der Waals surface area contributed by atoms with Crippen LogP contribution in [0.1, 0.15) is 21.5 Å². The van der Waals surface area contributed by atoms with E-state index >= 15 is 0 Å². The van der Waals surface area contributed by atoms with Gasteiger partial charge in [-0.15, -0.1) is 0 Å². The molecule has 0 saturated heterocycles. The maximum atomic E-state index is 12.5. The molecule has 0 N–H and O–H groups in total. The smallest absolute Gasteiger partial charge is 0.368 e. The Labute approximate surface area is 183 Å². The summed E-state index contributed by atoms with van der Waals surface area (Å²) in [5.41, 5.74) is 2.41. The van der Waals surface area contributed by atoms with E-state index < -0.39 is 11.9 Å². The second-order valence-corrected chi connectivity index (χ2v) is 6.93. The van der Waals surface area contributed by atoms with E-state index in [1.165, 1.54) is 7.11 Å². The monoisotopic (exact) mass is 433 g/mol. The zero-order valence-electron chi connectivity index (χ0n) is 16.4. The molecule has 0 saturated carbocycles. The number of hydrogen-bond acceptors (Lipinski definition) is 6. The van der Waals surface area contributed by atoms with E-state index in [4.69, 9.17) is 25.9 Å². The number of rotatable bonds is 5. The van der Waals surface area contributed by atoms with E-state index in [0.29, 0.717) is 27.6 Å². The van der Waals surface area contributed by atoms with Crippen LogP contribution in [0.5, 0.6) is 11.5 Å². The van der Waals surface area contributed by atoms with Gasteiger partial charge in [0.05, 0.1) is 23.3 Å². The summed E-state index contributed by atoms with van der Waals surface area (Å²) in [7, 11) is 1.46. The fourth-order valence-corrected chi connectivity index (χ4v) is 3.23. The summed E-state index contributed by atoms with van der Waals surface area (Å²) in [6.45, 7) is 0. The average Bonchev–Trinajstić information content (AvgIpc) is 3.15. The Morgan fingerprint density at radius 2 is 1.74 bits per heavy atom. The maximum absolute atomic E-state index is 12.5. The molecular weight excluding hydrogens is 418 g/mol. The van der Waals surface area contributed by atoms with Crippen molar-refractivity contribution in [2.75, 3.05) is 7.11 Å². The third-order valence-electron chi connectivity index (χ3n) is 4.54. The van der Waals surface area contributed by atoms with Gasteiger partial charge in [0.2, 0.25) is 0 Å². The van der Waals surface area contributed by atoms with Gasteiger partial charge in [0.25, 0.3) is 0 Å². The Bertz CT molecular complexity index is 1220. The number of carbonyl (C=O) groups is 2. The van der Waals surface area contributed by atoms with Gasteiger partial charge in [-0.1, -0.05) is 65.3 Å². The fraction of sp³-hybridized carbons (Fsp3) is 0.0417. The molecule has 6 nitrogen and oxygen atoms in total. The standard InChI is InChI=1S/C24H16ClNO5/c1-29-21-14-15(11-12-20(21)30-23(27)17-9-5-6-10-19(17)25)13-18-22(26-31-24(18)28)16-7-3-2-4-8-16/h2-14H,1H3. The Kier molecular flexibility index (Phi) is 5.82. The lowest BCUT2D eigenvalue weighted by atomic mass is 10.0. The number of methoxy groups -OCH3 is 1. The second-order valence-electron chi connectivity index (χ2n) is 6.52. The zero-order valence-corrected chi connectivity index (χ0v) is 17.1. The molecular formula is C24H16ClNO5. The van der Waals surface area contributed by atoms with Crippen LogP contribution >= 0.6 is 11.6 Å². The quantitative estimate of drug-likeness (QED) is 0.247. The maximum Gasteiger partial charge on any atom is 0.368 e. The summed E-state index contributed by atoms with van der Waals surface area (Å²) in [6, 6.07) is 20.8. The van der Waals surface area contributed by atoms with Gasteiger partial charge in [-0.3, -0.25) is 0 Å². The molecule has 0 amide bonds. The highest BCUT2D eigenvalue weighted by Gasteiger charge is 2.27. The second kappa shape index (κ2) is 8.85. The largest absolute Gasteiger partial charge is 0.493 e. The number of nitrogens with zero attached hydrogens (tertiary/aromatic N) is 1. The lowest BCUT2D eigenvalue weighted by Gasteiger charge is -2.11. The van der Waals surface area contributed by atoms with Gasteiger partial charge in [0.15, 0.2) is 11.5 Å². The number of halogens is 1. The minimum Gasteiger partial charge on any atom is -0.493 e. The Hall–Kier alpha value is -3.90. The predicted octanol–water partition coefficient (Wildman–Crippen LogP) is 4.91. The molecule has 1 heterocycles. The van der Waals surface area contributed by atoms with Gasteiger partial charge in [-0.25, -0.2) is 9.59 Å². The Morgan fingerprint density at radius 3 is 2.48 bits per heavy atom. The van der Waals surface area contributed by atoms with Crippen LogP contribution in [0.2, 0.25) is 5.02 Å². The van der Waals surface area contributed by atoms with Gasteiger partial charge >= 0.3 is 11.9 Å². The molecule has 7 heteroatoms. The molecule has 0 unspecified atom stereocenters. The number of carbonyl (C=O) groups excluding carboxylic acids is 2. The van der Waals surface area contributed by atoms with Crippen molar-refractivity contribution in [1.82, 2.24) is 0 Å². The van der Waals surface area contributed by atoms with Crippen molar-refractivity contribution < 1.29 is 23.9 Å². The van der Waals surface area contributed by atoms with Crippen molar-refractivity contribution in [1.29, 1.82) is 0 Å². The van der Waals surface area contributed by atoms with Gasteiger partial charge in [0.1, 0.15) is 5.71 Å². The van der Waals surface area contributed by atoms with Crippen molar-refractivity contribution in [3.05, 3.63) is 100 Å². The molecule has 1 aliphatic rings. The first-order valence-electron chi connectivity index (χ1n) is 9.28. The van der Waals surface area contributed by atoms with Crippen LogP contribution in [0.25, 0.3) is 6.08 Å². The third-order valence-corrected chi connectivity index (χ3v) is 4.87. The molecule has 0 bridgehead atoms. The lowest BCUT2D eigenvalue weighted by molar-refractivity contribution is -0.136. The van der Waals surface area contributed by atoms with Crippen LogP contribution in [0, 0.1) is 0 Å². The normalized spacial score (nSPS) is 14.2. The van der Waals surface area contributed by atoms with E-state index in [1.807, 2.05) is 30.3 Å². The summed E-state index contributed by atoms with van der Waals surface area (Å²) < 4.78 is 10.8. The van der Waals surface area contributed by atoms with Crippen molar-refractivity contribution in [2.45, 2.75) is 0 Å². The minimum absolute atomic E-state index is 0.223. The highest BCUT2D eigenvalue weighted by atomic mass is 35.5. The molecule has 154 valence electrons.